The number of carboxylic acids is 1. The fourth-order valence-corrected chi connectivity index (χ4v) is 1.54. The summed E-state index contributed by atoms with van der Waals surface area (Å²) in [6, 6.07) is 1.95. The number of carbonyl (C=O) groups excluding carboxylic acids is 1. The molecule has 0 radical (unpaired) electrons. The molecule has 15 heavy (non-hydrogen) atoms. The van der Waals surface area contributed by atoms with E-state index < -0.39 is 11.4 Å². The Kier molecular flexibility index (Phi) is 3.30. The first-order chi connectivity index (χ1) is 7.08. The van der Waals surface area contributed by atoms with Crippen molar-refractivity contribution in [3.63, 3.8) is 0 Å². The topological polar surface area (TPSA) is 81.4 Å². The van der Waals surface area contributed by atoms with E-state index in [1.807, 2.05) is 6.07 Å². The number of aliphatic carboxylic acids is 1. The van der Waals surface area contributed by atoms with Crippen LogP contribution >= 0.6 is 0 Å². The van der Waals surface area contributed by atoms with Crippen molar-refractivity contribution in [1.82, 2.24) is 4.90 Å². The van der Waals surface area contributed by atoms with Gasteiger partial charge in [0.25, 0.3) is 0 Å². The molecule has 0 bridgehead atoms. The van der Waals surface area contributed by atoms with E-state index in [4.69, 9.17) is 10.4 Å². The highest BCUT2D eigenvalue weighted by Crippen LogP contribution is 2.47. The molecule has 0 aromatic rings. The molecular weight excluding hydrogens is 196 g/mol. The highest BCUT2D eigenvalue weighted by atomic mass is 16.4. The maximum Gasteiger partial charge on any atom is 0.319 e. The summed E-state index contributed by atoms with van der Waals surface area (Å²) in [6.07, 6.45) is 1.09. The van der Waals surface area contributed by atoms with Crippen LogP contribution in [0.25, 0.3) is 0 Å². The Bertz CT molecular complexity index is 315. The highest BCUT2D eigenvalue weighted by molar-refractivity contribution is 6.04. The van der Waals surface area contributed by atoms with Gasteiger partial charge in [-0.3, -0.25) is 9.59 Å². The molecular formula is C10H14N2O3. The molecule has 0 aromatic heterocycles. The Labute approximate surface area is 88.3 Å². The number of nitriles is 1. The number of nitrogens with zero attached hydrogens (tertiary/aromatic N) is 2. The summed E-state index contributed by atoms with van der Waals surface area (Å²) in [4.78, 5) is 24.2. The maximum atomic E-state index is 11.8. The normalized spacial score (nSPS) is 16.5. The molecule has 5 heteroatoms. The van der Waals surface area contributed by atoms with Gasteiger partial charge in [-0.1, -0.05) is 0 Å². The summed E-state index contributed by atoms with van der Waals surface area (Å²) in [7, 11) is 0. The van der Waals surface area contributed by atoms with Crippen LogP contribution in [0.1, 0.15) is 26.2 Å². The molecule has 1 saturated carbocycles. The van der Waals surface area contributed by atoms with E-state index in [0.717, 1.165) is 0 Å². The van der Waals surface area contributed by atoms with Crippen molar-refractivity contribution in [2.24, 2.45) is 5.41 Å². The van der Waals surface area contributed by atoms with Gasteiger partial charge in [-0.2, -0.15) is 5.26 Å². The van der Waals surface area contributed by atoms with Crippen molar-refractivity contribution >= 4 is 11.9 Å². The third-order valence-electron chi connectivity index (χ3n) is 2.73. The Balaban J connectivity index is 2.66. The molecule has 82 valence electrons. The van der Waals surface area contributed by atoms with E-state index in [0.29, 0.717) is 25.9 Å². The number of rotatable bonds is 5. The lowest BCUT2D eigenvalue weighted by Gasteiger charge is -2.23. The van der Waals surface area contributed by atoms with Crippen LogP contribution in [0.2, 0.25) is 0 Å². The minimum Gasteiger partial charge on any atom is -0.480 e. The predicted octanol–water partition coefficient (Wildman–Crippen LogP) is 0.613. The van der Waals surface area contributed by atoms with Gasteiger partial charge in [-0.15, -0.1) is 0 Å². The number of hydrogen-bond donors (Lipinski definition) is 1. The van der Waals surface area contributed by atoms with Crippen LogP contribution in [0.5, 0.6) is 0 Å². The first kappa shape index (κ1) is 11.5. The van der Waals surface area contributed by atoms with E-state index in [2.05, 4.69) is 0 Å². The molecule has 0 saturated heterocycles. The van der Waals surface area contributed by atoms with Gasteiger partial charge < -0.3 is 10.0 Å². The summed E-state index contributed by atoms with van der Waals surface area (Å²) >= 11 is 0. The van der Waals surface area contributed by atoms with E-state index in [9.17, 15) is 9.59 Å². The molecule has 0 atom stereocenters. The summed E-state index contributed by atoms with van der Waals surface area (Å²) in [5.74, 6) is -1.38. The molecule has 1 aliphatic rings. The van der Waals surface area contributed by atoms with Crippen LogP contribution in [0.3, 0.4) is 0 Å². The van der Waals surface area contributed by atoms with Crippen LogP contribution in [-0.4, -0.2) is 35.0 Å². The second-order valence-corrected chi connectivity index (χ2v) is 3.68. The Morgan fingerprint density at radius 3 is 2.47 bits per heavy atom. The molecule has 5 nitrogen and oxygen atoms in total. The van der Waals surface area contributed by atoms with Gasteiger partial charge in [-0.05, 0) is 19.8 Å². The predicted molar refractivity (Wildman–Crippen MR) is 51.8 cm³/mol. The molecule has 0 aliphatic heterocycles. The summed E-state index contributed by atoms with van der Waals surface area (Å²) in [5, 5.41) is 17.3. The molecule has 1 N–H and O–H groups in total. The van der Waals surface area contributed by atoms with E-state index in [1.54, 1.807) is 6.92 Å². The zero-order chi connectivity index (χ0) is 11.5. The van der Waals surface area contributed by atoms with Crippen LogP contribution < -0.4 is 0 Å². The van der Waals surface area contributed by atoms with Gasteiger partial charge in [0.15, 0.2) is 0 Å². The Morgan fingerprint density at radius 2 is 2.13 bits per heavy atom. The van der Waals surface area contributed by atoms with Crippen molar-refractivity contribution in [3.05, 3.63) is 0 Å². The fourth-order valence-electron chi connectivity index (χ4n) is 1.54. The first-order valence-electron chi connectivity index (χ1n) is 4.98. The molecule has 1 rings (SSSR count). The van der Waals surface area contributed by atoms with Gasteiger partial charge in [0, 0.05) is 13.1 Å². The Morgan fingerprint density at radius 1 is 1.53 bits per heavy atom. The molecule has 0 heterocycles. The standard InChI is InChI=1S/C10H14N2O3/c1-2-12(7-3-6-11)8(13)10(4-5-10)9(14)15/h2-5,7H2,1H3,(H,14,15). The summed E-state index contributed by atoms with van der Waals surface area (Å²) < 4.78 is 0. The lowest BCUT2D eigenvalue weighted by atomic mass is 10.1. The van der Waals surface area contributed by atoms with E-state index in [1.165, 1.54) is 4.90 Å². The van der Waals surface area contributed by atoms with Crippen molar-refractivity contribution in [1.29, 1.82) is 5.26 Å². The quantitative estimate of drug-likeness (QED) is 0.674. The number of carbonyl (C=O) groups is 2. The minimum atomic E-state index is -1.18. The zero-order valence-electron chi connectivity index (χ0n) is 8.69. The number of carboxylic acid groups (broad SMARTS) is 1. The second kappa shape index (κ2) is 4.30. The SMILES string of the molecule is CCN(CCC#N)C(=O)C1(C(=O)O)CC1. The van der Waals surface area contributed by atoms with Crippen molar-refractivity contribution < 1.29 is 14.7 Å². The largest absolute Gasteiger partial charge is 0.480 e. The third-order valence-corrected chi connectivity index (χ3v) is 2.73. The number of amides is 1. The van der Waals surface area contributed by atoms with E-state index >= 15 is 0 Å². The molecule has 1 fully saturated rings. The average Bonchev–Trinajstić information content (AvgIpc) is 2.99. The van der Waals surface area contributed by atoms with Crippen LogP contribution in [0.4, 0.5) is 0 Å². The van der Waals surface area contributed by atoms with Gasteiger partial charge in [0.05, 0.1) is 12.5 Å². The smallest absolute Gasteiger partial charge is 0.319 e. The van der Waals surface area contributed by atoms with Gasteiger partial charge >= 0.3 is 5.97 Å². The maximum absolute atomic E-state index is 11.8. The third kappa shape index (κ3) is 2.09. The van der Waals surface area contributed by atoms with E-state index in [-0.39, 0.29) is 12.3 Å². The molecule has 1 amide bonds. The van der Waals surface area contributed by atoms with Crippen molar-refractivity contribution in [2.75, 3.05) is 13.1 Å². The Hall–Kier alpha value is -1.57. The van der Waals surface area contributed by atoms with Crippen molar-refractivity contribution in [3.8, 4) is 6.07 Å². The van der Waals surface area contributed by atoms with Gasteiger partial charge in [-0.25, -0.2) is 0 Å². The monoisotopic (exact) mass is 210 g/mol. The van der Waals surface area contributed by atoms with Crippen molar-refractivity contribution in [2.45, 2.75) is 26.2 Å². The molecule has 0 aromatic carbocycles. The van der Waals surface area contributed by atoms with Crippen LogP contribution in [0.15, 0.2) is 0 Å². The lowest BCUT2D eigenvalue weighted by molar-refractivity contribution is -0.153. The first-order valence-corrected chi connectivity index (χ1v) is 4.98. The van der Waals surface area contributed by atoms with Gasteiger partial charge in [0.2, 0.25) is 5.91 Å². The van der Waals surface area contributed by atoms with Crippen LogP contribution in [-0.2, 0) is 9.59 Å². The second-order valence-electron chi connectivity index (χ2n) is 3.68. The van der Waals surface area contributed by atoms with Crippen LogP contribution in [0, 0.1) is 16.7 Å². The summed E-state index contributed by atoms with van der Waals surface area (Å²) in [6.45, 7) is 2.56. The molecule has 1 aliphatic carbocycles. The minimum absolute atomic E-state index is 0.245. The number of hydrogen-bond acceptors (Lipinski definition) is 3. The molecule has 0 spiro atoms. The highest BCUT2D eigenvalue weighted by Gasteiger charge is 2.58. The van der Waals surface area contributed by atoms with Gasteiger partial charge in [0.1, 0.15) is 5.41 Å². The molecule has 0 unspecified atom stereocenters. The lowest BCUT2D eigenvalue weighted by Crippen LogP contribution is -2.41. The zero-order valence-corrected chi connectivity index (χ0v) is 8.69. The fraction of sp³-hybridized carbons (Fsp3) is 0.700. The average molecular weight is 210 g/mol. The summed E-state index contributed by atoms with van der Waals surface area (Å²) in [5.41, 5.74) is -1.18.